The number of rotatable bonds is 3. The van der Waals surface area contributed by atoms with Crippen molar-refractivity contribution >= 4 is 40.7 Å². The predicted octanol–water partition coefficient (Wildman–Crippen LogP) is 3.19. The molecule has 1 saturated carbocycles. The third-order valence-corrected chi connectivity index (χ3v) is 4.89. The first kappa shape index (κ1) is 14.7. The molecule has 21 heavy (non-hydrogen) atoms. The lowest BCUT2D eigenvalue weighted by Gasteiger charge is -2.15. The third-order valence-electron chi connectivity index (χ3n) is 4.07. The lowest BCUT2D eigenvalue weighted by Crippen LogP contribution is -2.30. The zero-order valence-electron chi connectivity index (χ0n) is 11.4. The second-order valence-electron chi connectivity index (χ2n) is 5.57. The molecule has 1 heterocycles. The van der Waals surface area contributed by atoms with Crippen LogP contribution in [0.3, 0.4) is 0 Å². The van der Waals surface area contributed by atoms with Crippen molar-refractivity contribution in [2.24, 2.45) is 11.8 Å². The Bertz CT molecular complexity index is 585. The summed E-state index contributed by atoms with van der Waals surface area (Å²) in [5, 5.41) is 3.49. The van der Waals surface area contributed by atoms with Gasteiger partial charge in [-0.2, -0.15) is 0 Å². The number of nitrogens with one attached hydrogen (secondary N) is 1. The molecule has 1 saturated heterocycles. The summed E-state index contributed by atoms with van der Waals surface area (Å²) in [7, 11) is 0. The minimum Gasteiger partial charge on any atom is -0.342 e. The van der Waals surface area contributed by atoms with Crippen LogP contribution >= 0.6 is 23.2 Å². The Labute approximate surface area is 133 Å². The average Bonchev–Trinajstić information content (AvgIpc) is 3.08. The van der Waals surface area contributed by atoms with E-state index in [1.807, 2.05) is 4.90 Å². The zero-order valence-corrected chi connectivity index (χ0v) is 13.0. The smallest absolute Gasteiger partial charge is 0.228 e. The second kappa shape index (κ2) is 5.85. The largest absolute Gasteiger partial charge is 0.342 e. The maximum absolute atomic E-state index is 12.2. The number of benzene rings is 1. The van der Waals surface area contributed by atoms with E-state index in [9.17, 15) is 9.59 Å². The van der Waals surface area contributed by atoms with Crippen LogP contribution in [0.4, 0.5) is 5.69 Å². The van der Waals surface area contributed by atoms with E-state index in [0.717, 1.165) is 25.9 Å². The van der Waals surface area contributed by atoms with Crippen molar-refractivity contribution in [2.75, 3.05) is 18.4 Å². The summed E-state index contributed by atoms with van der Waals surface area (Å²) in [5.74, 6) is -0.448. The molecule has 2 atom stereocenters. The van der Waals surface area contributed by atoms with Crippen molar-refractivity contribution in [1.82, 2.24) is 4.90 Å². The summed E-state index contributed by atoms with van der Waals surface area (Å²) in [5.41, 5.74) is 0.494. The van der Waals surface area contributed by atoms with Gasteiger partial charge in [0.15, 0.2) is 0 Å². The molecule has 0 bridgehead atoms. The molecule has 1 aromatic carbocycles. The van der Waals surface area contributed by atoms with Crippen molar-refractivity contribution in [2.45, 2.75) is 19.3 Å². The maximum Gasteiger partial charge on any atom is 0.228 e. The van der Waals surface area contributed by atoms with Crippen LogP contribution in [0.2, 0.25) is 10.0 Å². The molecule has 0 radical (unpaired) electrons. The molecule has 1 aliphatic heterocycles. The quantitative estimate of drug-likeness (QED) is 0.927. The number of carbonyl (C=O) groups excluding carboxylic acids is 2. The first-order valence-electron chi connectivity index (χ1n) is 7.11. The van der Waals surface area contributed by atoms with Crippen LogP contribution in [0.15, 0.2) is 18.2 Å². The van der Waals surface area contributed by atoms with E-state index in [1.165, 1.54) is 0 Å². The Balaban J connectivity index is 1.60. The van der Waals surface area contributed by atoms with Gasteiger partial charge in [0.25, 0.3) is 0 Å². The highest BCUT2D eigenvalue weighted by Crippen LogP contribution is 2.42. The molecule has 0 aromatic heterocycles. The van der Waals surface area contributed by atoms with E-state index in [1.54, 1.807) is 18.2 Å². The first-order chi connectivity index (χ1) is 10.1. The van der Waals surface area contributed by atoms with Gasteiger partial charge in [-0.3, -0.25) is 9.59 Å². The second-order valence-corrected chi connectivity index (χ2v) is 6.36. The van der Waals surface area contributed by atoms with Crippen LogP contribution in [0.5, 0.6) is 0 Å². The van der Waals surface area contributed by atoms with E-state index in [0.29, 0.717) is 22.2 Å². The number of anilines is 1. The summed E-state index contributed by atoms with van der Waals surface area (Å²) in [6.07, 6.45) is 2.75. The van der Waals surface area contributed by atoms with Crippen molar-refractivity contribution in [3.8, 4) is 0 Å². The molecule has 2 aliphatic rings. The van der Waals surface area contributed by atoms with Crippen molar-refractivity contribution < 1.29 is 9.59 Å². The van der Waals surface area contributed by atoms with E-state index in [4.69, 9.17) is 23.2 Å². The number of halogens is 2. The molecule has 1 aliphatic carbocycles. The van der Waals surface area contributed by atoms with Crippen molar-refractivity contribution in [3.05, 3.63) is 28.2 Å². The van der Waals surface area contributed by atoms with Crippen molar-refractivity contribution in [1.29, 1.82) is 0 Å². The van der Waals surface area contributed by atoms with Gasteiger partial charge >= 0.3 is 0 Å². The fraction of sp³-hybridized carbons (Fsp3) is 0.467. The summed E-state index contributed by atoms with van der Waals surface area (Å²) < 4.78 is 0. The highest BCUT2D eigenvalue weighted by Gasteiger charge is 2.49. The lowest BCUT2D eigenvalue weighted by molar-refractivity contribution is -0.133. The molecule has 2 unspecified atom stereocenters. The first-order valence-corrected chi connectivity index (χ1v) is 7.87. The van der Waals surface area contributed by atoms with Crippen LogP contribution in [0, 0.1) is 11.8 Å². The molecular weight excluding hydrogens is 311 g/mol. The molecular formula is C15H16Cl2N2O2. The number of likely N-dealkylation sites (tertiary alicyclic amines) is 1. The average molecular weight is 327 g/mol. The van der Waals surface area contributed by atoms with Crippen molar-refractivity contribution in [3.63, 3.8) is 0 Å². The topological polar surface area (TPSA) is 49.4 Å². The molecule has 2 fully saturated rings. The van der Waals surface area contributed by atoms with E-state index < -0.39 is 0 Å². The molecule has 4 nitrogen and oxygen atoms in total. The van der Waals surface area contributed by atoms with Gasteiger partial charge in [0, 0.05) is 13.1 Å². The molecule has 1 N–H and O–H groups in total. The van der Waals surface area contributed by atoms with Gasteiger partial charge in [0.2, 0.25) is 11.8 Å². The van der Waals surface area contributed by atoms with Crippen LogP contribution in [0.1, 0.15) is 19.3 Å². The number of carbonyl (C=O) groups is 2. The Morgan fingerprint density at radius 1 is 1.14 bits per heavy atom. The van der Waals surface area contributed by atoms with E-state index in [2.05, 4.69) is 5.32 Å². The molecule has 1 aromatic rings. The van der Waals surface area contributed by atoms with Gasteiger partial charge in [-0.25, -0.2) is 0 Å². The standard InChI is InChI=1S/C15H16Cl2N2O2/c16-11-4-3-5-12(13(11)17)18-14(20)9-8-10(9)15(21)19-6-1-2-7-19/h3-5,9-10H,1-2,6-8H2,(H,18,20). The van der Waals surface area contributed by atoms with Gasteiger partial charge in [-0.05, 0) is 31.4 Å². The molecule has 0 spiro atoms. The Kier molecular flexibility index (Phi) is 4.09. The Morgan fingerprint density at radius 3 is 2.57 bits per heavy atom. The van der Waals surface area contributed by atoms with Crippen LogP contribution < -0.4 is 5.32 Å². The highest BCUT2D eigenvalue weighted by molar-refractivity contribution is 6.44. The van der Waals surface area contributed by atoms with E-state index in [-0.39, 0.29) is 23.7 Å². The van der Waals surface area contributed by atoms with Gasteiger partial charge in [-0.1, -0.05) is 29.3 Å². The van der Waals surface area contributed by atoms with Crippen LogP contribution in [-0.4, -0.2) is 29.8 Å². The maximum atomic E-state index is 12.2. The molecule has 3 rings (SSSR count). The Hall–Kier alpha value is -1.26. The summed E-state index contributed by atoms with van der Waals surface area (Å²) in [6, 6.07) is 5.09. The van der Waals surface area contributed by atoms with E-state index >= 15 is 0 Å². The summed E-state index contributed by atoms with van der Waals surface area (Å²) in [4.78, 5) is 26.2. The van der Waals surface area contributed by atoms with Gasteiger partial charge in [0.1, 0.15) is 0 Å². The van der Waals surface area contributed by atoms with Gasteiger partial charge in [-0.15, -0.1) is 0 Å². The molecule has 112 valence electrons. The fourth-order valence-electron chi connectivity index (χ4n) is 2.76. The monoisotopic (exact) mass is 326 g/mol. The number of hydrogen-bond acceptors (Lipinski definition) is 2. The lowest BCUT2D eigenvalue weighted by atomic mass is 10.2. The molecule has 2 amide bonds. The Morgan fingerprint density at radius 2 is 1.86 bits per heavy atom. The zero-order chi connectivity index (χ0) is 15.0. The van der Waals surface area contributed by atoms with Gasteiger partial charge < -0.3 is 10.2 Å². The minimum atomic E-state index is -0.242. The van der Waals surface area contributed by atoms with Gasteiger partial charge in [0.05, 0.1) is 27.6 Å². The normalized spacial score (nSPS) is 24.0. The third kappa shape index (κ3) is 3.01. The SMILES string of the molecule is O=C(Nc1cccc(Cl)c1Cl)C1CC1C(=O)N1CCCC1. The number of hydrogen-bond donors (Lipinski definition) is 1. The van der Waals surface area contributed by atoms with Crippen LogP contribution in [-0.2, 0) is 9.59 Å². The highest BCUT2D eigenvalue weighted by atomic mass is 35.5. The summed E-state index contributed by atoms with van der Waals surface area (Å²) >= 11 is 12.0. The number of amides is 2. The minimum absolute atomic E-state index is 0.116. The van der Waals surface area contributed by atoms with Crippen LogP contribution in [0.25, 0.3) is 0 Å². The molecule has 6 heteroatoms. The predicted molar refractivity (Wildman–Crippen MR) is 82.5 cm³/mol. The fourth-order valence-corrected chi connectivity index (χ4v) is 3.10. The summed E-state index contributed by atoms with van der Waals surface area (Å²) in [6.45, 7) is 1.65. The number of nitrogens with zero attached hydrogens (tertiary/aromatic N) is 1.